The summed E-state index contributed by atoms with van der Waals surface area (Å²) < 4.78 is 0. The summed E-state index contributed by atoms with van der Waals surface area (Å²) in [6.45, 7) is 6.38. The summed E-state index contributed by atoms with van der Waals surface area (Å²) in [7, 11) is 2.21. The van der Waals surface area contributed by atoms with Crippen LogP contribution in [0.15, 0.2) is 0 Å². The molecule has 0 aromatic carbocycles. The molecule has 1 saturated carbocycles. The normalized spacial score (nSPS) is 28.5. The van der Waals surface area contributed by atoms with Crippen molar-refractivity contribution in [2.45, 2.75) is 64.0 Å². The minimum Gasteiger partial charge on any atom is -0.303 e. The first-order valence-electron chi connectivity index (χ1n) is 7.04. The number of nitrogens with zero attached hydrogens (tertiary/aromatic N) is 2. The van der Waals surface area contributed by atoms with Crippen LogP contribution in [0.25, 0.3) is 0 Å². The molecule has 1 fully saturated rings. The molecule has 0 saturated heterocycles. The van der Waals surface area contributed by atoms with Crippen LogP contribution < -0.4 is 5.32 Å². The highest BCUT2D eigenvalue weighted by Gasteiger charge is 2.39. The van der Waals surface area contributed by atoms with Crippen molar-refractivity contribution in [3.05, 3.63) is 0 Å². The molecule has 0 radical (unpaired) electrons. The van der Waals surface area contributed by atoms with E-state index in [4.69, 9.17) is 0 Å². The van der Waals surface area contributed by atoms with Crippen LogP contribution in [0.1, 0.15) is 52.4 Å². The Bertz CT molecular complexity index is 259. The third-order valence-electron chi connectivity index (χ3n) is 3.96. The molecule has 1 rings (SSSR count). The van der Waals surface area contributed by atoms with Crippen LogP contribution in [0.3, 0.4) is 0 Å². The van der Waals surface area contributed by atoms with Crippen molar-refractivity contribution in [3.8, 4) is 6.07 Å². The van der Waals surface area contributed by atoms with E-state index in [1.807, 2.05) is 0 Å². The Balaban J connectivity index is 2.40. The van der Waals surface area contributed by atoms with Crippen LogP contribution in [0.5, 0.6) is 0 Å². The van der Waals surface area contributed by atoms with Gasteiger partial charge in [-0.15, -0.1) is 0 Å². The summed E-state index contributed by atoms with van der Waals surface area (Å²) >= 11 is 0. The van der Waals surface area contributed by atoms with Crippen LogP contribution in [-0.2, 0) is 0 Å². The fraction of sp³-hybridized carbons (Fsp3) is 0.929. The standard InChI is InChI=1S/C14H27N3/c1-4-6-7-10-17(3)13-8-9-14(11-13,12-15)16-5-2/h13,16H,4-11H2,1-3H3. The predicted octanol–water partition coefficient (Wildman–Crippen LogP) is 2.53. The monoisotopic (exact) mass is 237 g/mol. The van der Waals surface area contributed by atoms with Gasteiger partial charge in [0.1, 0.15) is 5.54 Å². The molecule has 3 heteroatoms. The van der Waals surface area contributed by atoms with Crippen molar-refractivity contribution in [1.29, 1.82) is 5.26 Å². The van der Waals surface area contributed by atoms with Gasteiger partial charge in [-0.05, 0) is 45.8 Å². The average molecular weight is 237 g/mol. The molecular weight excluding hydrogens is 210 g/mol. The van der Waals surface area contributed by atoms with Gasteiger partial charge in [0.05, 0.1) is 6.07 Å². The fourth-order valence-corrected chi connectivity index (χ4v) is 2.83. The molecule has 0 amide bonds. The quantitative estimate of drug-likeness (QED) is 0.692. The zero-order chi connectivity index (χ0) is 12.7. The average Bonchev–Trinajstić information content (AvgIpc) is 2.75. The molecule has 0 bridgehead atoms. The van der Waals surface area contributed by atoms with Gasteiger partial charge in [0.15, 0.2) is 0 Å². The maximum Gasteiger partial charge on any atom is 0.108 e. The van der Waals surface area contributed by atoms with Crippen molar-refractivity contribution in [2.24, 2.45) is 0 Å². The van der Waals surface area contributed by atoms with E-state index in [0.29, 0.717) is 6.04 Å². The van der Waals surface area contributed by atoms with E-state index in [-0.39, 0.29) is 5.54 Å². The van der Waals surface area contributed by atoms with Gasteiger partial charge in [-0.1, -0.05) is 26.7 Å². The van der Waals surface area contributed by atoms with Crippen molar-refractivity contribution in [2.75, 3.05) is 20.1 Å². The van der Waals surface area contributed by atoms with Gasteiger partial charge in [-0.3, -0.25) is 5.32 Å². The molecule has 0 spiro atoms. The molecule has 0 heterocycles. The second-order valence-electron chi connectivity index (χ2n) is 5.31. The molecule has 0 aromatic rings. The highest BCUT2D eigenvalue weighted by molar-refractivity contribution is 5.13. The molecule has 1 N–H and O–H groups in total. The second-order valence-corrected chi connectivity index (χ2v) is 5.31. The lowest BCUT2D eigenvalue weighted by Gasteiger charge is -2.26. The van der Waals surface area contributed by atoms with Crippen molar-refractivity contribution < 1.29 is 0 Å². The minimum atomic E-state index is -0.252. The summed E-state index contributed by atoms with van der Waals surface area (Å²) in [5.74, 6) is 0. The predicted molar refractivity (Wildman–Crippen MR) is 71.8 cm³/mol. The van der Waals surface area contributed by atoms with Crippen LogP contribution >= 0.6 is 0 Å². The molecule has 3 nitrogen and oxygen atoms in total. The lowest BCUT2D eigenvalue weighted by molar-refractivity contribution is 0.232. The Labute approximate surface area is 106 Å². The Morgan fingerprint density at radius 2 is 2.18 bits per heavy atom. The van der Waals surface area contributed by atoms with Crippen LogP contribution in [0.4, 0.5) is 0 Å². The highest BCUT2D eigenvalue weighted by Crippen LogP contribution is 2.32. The highest BCUT2D eigenvalue weighted by atomic mass is 15.1. The maximum atomic E-state index is 9.33. The lowest BCUT2D eigenvalue weighted by atomic mass is 9.99. The molecule has 0 aliphatic heterocycles. The zero-order valence-corrected chi connectivity index (χ0v) is 11.6. The molecule has 2 atom stereocenters. The molecular formula is C14H27N3. The van der Waals surface area contributed by atoms with E-state index >= 15 is 0 Å². The van der Waals surface area contributed by atoms with E-state index in [0.717, 1.165) is 25.8 Å². The van der Waals surface area contributed by atoms with E-state index in [2.05, 4.69) is 37.2 Å². The van der Waals surface area contributed by atoms with Gasteiger partial charge >= 0.3 is 0 Å². The minimum absolute atomic E-state index is 0.252. The number of nitrogens with one attached hydrogen (secondary N) is 1. The first-order chi connectivity index (χ1) is 8.17. The Hall–Kier alpha value is -0.590. The number of hydrogen-bond acceptors (Lipinski definition) is 3. The van der Waals surface area contributed by atoms with Gasteiger partial charge in [-0.25, -0.2) is 0 Å². The molecule has 17 heavy (non-hydrogen) atoms. The van der Waals surface area contributed by atoms with Crippen LogP contribution in [0.2, 0.25) is 0 Å². The van der Waals surface area contributed by atoms with Gasteiger partial charge in [0.25, 0.3) is 0 Å². The zero-order valence-electron chi connectivity index (χ0n) is 11.6. The van der Waals surface area contributed by atoms with Crippen LogP contribution in [-0.4, -0.2) is 36.6 Å². The number of rotatable bonds is 7. The van der Waals surface area contributed by atoms with Gasteiger partial charge in [0, 0.05) is 6.04 Å². The maximum absolute atomic E-state index is 9.33. The first-order valence-corrected chi connectivity index (χ1v) is 7.04. The smallest absolute Gasteiger partial charge is 0.108 e. The largest absolute Gasteiger partial charge is 0.303 e. The van der Waals surface area contributed by atoms with E-state index in [1.54, 1.807) is 0 Å². The Morgan fingerprint density at radius 3 is 2.76 bits per heavy atom. The summed E-state index contributed by atoms with van der Waals surface area (Å²) in [5, 5.41) is 12.7. The Morgan fingerprint density at radius 1 is 1.41 bits per heavy atom. The van der Waals surface area contributed by atoms with Crippen molar-refractivity contribution in [1.82, 2.24) is 10.2 Å². The number of hydrogen-bond donors (Lipinski definition) is 1. The molecule has 0 aromatic heterocycles. The number of nitriles is 1. The van der Waals surface area contributed by atoms with E-state index in [9.17, 15) is 5.26 Å². The molecule has 1 aliphatic rings. The second kappa shape index (κ2) is 6.98. The molecule has 1 aliphatic carbocycles. The number of unbranched alkanes of at least 4 members (excludes halogenated alkanes) is 2. The first kappa shape index (κ1) is 14.5. The van der Waals surface area contributed by atoms with Crippen LogP contribution in [0, 0.1) is 11.3 Å². The third-order valence-corrected chi connectivity index (χ3v) is 3.96. The summed E-state index contributed by atoms with van der Waals surface area (Å²) in [5.41, 5.74) is -0.252. The summed E-state index contributed by atoms with van der Waals surface area (Å²) in [6, 6.07) is 3.08. The van der Waals surface area contributed by atoms with Gasteiger partial charge < -0.3 is 4.90 Å². The lowest BCUT2D eigenvalue weighted by Crippen LogP contribution is -2.43. The van der Waals surface area contributed by atoms with Gasteiger partial charge in [-0.2, -0.15) is 5.26 Å². The third kappa shape index (κ3) is 3.97. The van der Waals surface area contributed by atoms with E-state index < -0.39 is 0 Å². The van der Waals surface area contributed by atoms with Crippen molar-refractivity contribution in [3.63, 3.8) is 0 Å². The van der Waals surface area contributed by atoms with E-state index in [1.165, 1.54) is 25.8 Å². The fourth-order valence-electron chi connectivity index (χ4n) is 2.83. The van der Waals surface area contributed by atoms with Crippen molar-refractivity contribution >= 4 is 0 Å². The summed E-state index contributed by atoms with van der Waals surface area (Å²) in [6.07, 6.45) is 7.01. The molecule has 2 unspecified atom stereocenters. The topological polar surface area (TPSA) is 39.1 Å². The molecule has 98 valence electrons. The summed E-state index contributed by atoms with van der Waals surface area (Å²) in [4.78, 5) is 2.45. The SMILES string of the molecule is CCCCCN(C)C1CCC(C#N)(NCC)C1. The van der Waals surface area contributed by atoms with Gasteiger partial charge in [0.2, 0.25) is 0 Å². The Kier molecular flexibility index (Phi) is 5.94.